The Bertz CT molecular complexity index is 1290. The molecule has 5 nitrogen and oxygen atoms in total. The molecule has 0 spiro atoms. The number of fused-ring (bicyclic) bond motifs is 2. The van der Waals surface area contributed by atoms with Crippen LogP contribution < -0.4 is 4.74 Å². The second-order valence-electron chi connectivity index (χ2n) is 8.43. The van der Waals surface area contributed by atoms with Gasteiger partial charge in [0, 0.05) is 48.0 Å². The van der Waals surface area contributed by atoms with Crippen molar-refractivity contribution in [1.82, 2.24) is 9.47 Å². The number of aryl methyl sites for hydroxylation is 1. The van der Waals surface area contributed by atoms with Crippen molar-refractivity contribution in [2.45, 2.75) is 32.9 Å². The van der Waals surface area contributed by atoms with Crippen LogP contribution >= 0.6 is 11.8 Å². The predicted molar refractivity (Wildman–Crippen MR) is 138 cm³/mol. The van der Waals surface area contributed by atoms with E-state index < -0.39 is 0 Å². The number of thioether (sulfide) groups is 1. The smallest absolute Gasteiger partial charge is 0.260 e. The standard InChI is InChI=1S/C28H30N2O3S/c1-4-29-18-23(22-11-6-7-12-24(22)29)28(31)30-15-13-19-14-16-34-27(19)25(30)26(32-3)20-9-8-10-21(17-20)33-5-2/h6-13,17-18,26H,4-5,14-16H2,1-3H3. The molecule has 34 heavy (non-hydrogen) atoms. The highest BCUT2D eigenvalue weighted by Gasteiger charge is 2.36. The minimum atomic E-state index is -0.367. The molecule has 1 saturated heterocycles. The van der Waals surface area contributed by atoms with E-state index in [-0.39, 0.29) is 12.0 Å². The Morgan fingerprint density at radius 1 is 1.15 bits per heavy atom. The molecule has 5 rings (SSSR count). The number of aromatic nitrogens is 1. The number of hydrogen-bond acceptors (Lipinski definition) is 4. The third-order valence-electron chi connectivity index (χ3n) is 6.51. The summed E-state index contributed by atoms with van der Waals surface area (Å²) in [5.74, 6) is 1.84. The maximum absolute atomic E-state index is 14.1. The number of hydrogen-bond donors (Lipinski definition) is 0. The molecule has 0 bridgehead atoms. The number of benzene rings is 2. The summed E-state index contributed by atoms with van der Waals surface area (Å²) in [5, 5.41) is 0.986. The first-order chi connectivity index (χ1) is 16.7. The van der Waals surface area contributed by atoms with E-state index in [4.69, 9.17) is 9.47 Å². The normalized spacial score (nSPS) is 16.6. The fourth-order valence-electron chi connectivity index (χ4n) is 4.94. The Balaban J connectivity index is 1.61. The molecule has 1 atom stereocenters. The molecule has 3 aromatic rings. The van der Waals surface area contributed by atoms with Crippen molar-refractivity contribution in [2.75, 3.05) is 26.0 Å². The summed E-state index contributed by atoms with van der Waals surface area (Å²) in [6, 6.07) is 16.1. The number of nitrogens with zero attached hydrogens (tertiary/aromatic N) is 2. The van der Waals surface area contributed by atoms with Crippen LogP contribution in [0.5, 0.6) is 5.75 Å². The van der Waals surface area contributed by atoms with Gasteiger partial charge in [0.05, 0.1) is 17.9 Å². The van der Waals surface area contributed by atoms with Crippen molar-refractivity contribution >= 4 is 28.6 Å². The molecule has 176 valence electrons. The Morgan fingerprint density at radius 3 is 2.79 bits per heavy atom. The predicted octanol–water partition coefficient (Wildman–Crippen LogP) is 6.18. The van der Waals surface area contributed by atoms with E-state index in [1.807, 2.05) is 72.2 Å². The molecule has 6 heteroatoms. The molecule has 1 fully saturated rings. The first-order valence-corrected chi connectivity index (χ1v) is 12.9. The van der Waals surface area contributed by atoms with Crippen LogP contribution in [0.3, 0.4) is 0 Å². The van der Waals surface area contributed by atoms with E-state index in [1.165, 1.54) is 10.5 Å². The monoisotopic (exact) mass is 474 g/mol. The fourth-order valence-corrected chi connectivity index (χ4v) is 6.20. The Kier molecular flexibility index (Phi) is 6.53. The highest BCUT2D eigenvalue weighted by molar-refractivity contribution is 8.03. The molecule has 2 aromatic carbocycles. The van der Waals surface area contributed by atoms with E-state index in [1.54, 1.807) is 7.11 Å². The number of ether oxygens (including phenoxy) is 2. The summed E-state index contributed by atoms with van der Waals surface area (Å²) < 4.78 is 14.0. The minimum Gasteiger partial charge on any atom is -0.494 e. The van der Waals surface area contributed by atoms with Gasteiger partial charge in [-0.15, -0.1) is 11.8 Å². The van der Waals surface area contributed by atoms with E-state index in [0.29, 0.717) is 13.2 Å². The molecule has 0 aliphatic carbocycles. The van der Waals surface area contributed by atoms with Gasteiger partial charge in [-0.1, -0.05) is 36.4 Å². The number of rotatable bonds is 7. The zero-order valence-corrected chi connectivity index (χ0v) is 20.7. The highest BCUT2D eigenvalue weighted by atomic mass is 32.2. The SMILES string of the molecule is CCOc1cccc(C(OC)C2=C3SCCC3=CCN2C(=O)c2cn(CC)c3ccccc23)c1. The summed E-state index contributed by atoms with van der Waals surface area (Å²) in [6.45, 7) is 6.04. The van der Waals surface area contributed by atoms with Gasteiger partial charge in [-0.2, -0.15) is 0 Å². The molecule has 0 N–H and O–H groups in total. The lowest BCUT2D eigenvalue weighted by atomic mass is 9.98. The number of amides is 1. The third-order valence-corrected chi connectivity index (χ3v) is 7.68. The average molecular weight is 475 g/mol. The van der Waals surface area contributed by atoms with Crippen molar-refractivity contribution in [3.8, 4) is 5.75 Å². The van der Waals surface area contributed by atoms with Crippen LogP contribution in [0.15, 0.2) is 77.0 Å². The summed E-state index contributed by atoms with van der Waals surface area (Å²) in [7, 11) is 1.72. The third kappa shape index (κ3) is 3.95. The molecular formula is C28H30N2O3S. The van der Waals surface area contributed by atoms with Crippen molar-refractivity contribution in [2.24, 2.45) is 0 Å². The number of carbonyl (C=O) groups is 1. The van der Waals surface area contributed by atoms with Gasteiger partial charge in [-0.3, -0.25) is 4.79 Å². The first-order valence-electron chi connectivity index (χ1n) is 11.9. The van der Waals surface area contributed by atoms with E-state index >= 15 is 0 Å². The lowest BCUT2D eigenvalue weighted by molar-refractivity contribution is 0.0689. The number of methoxy groups -OCH3 is 1. The van der Waals surface area contributed by atoms with Crippen LogP contribution in [0.4, 0.5) is 0 Å². The zero-order chi connectivity index (χ0) is 23.7. The molecule has 1 unspecified atom stereocenters. The Hall–Kier alpha value is -2.96. The van der Waals surface area contributed by atoms with Crippen molar-refractivity contribution < 1.29 is 14.3 Å². The van der Waals surface area contributed by atoms with Crippen LogP contribution in [-0.2, 0) is 11.3 Å². The molecule has 3 heterocycles. The average Bonchev–Trinajstić information content (AvgIpc) is 3.49. The summed E-state index contributed by atoms with van der Waals surface area (Å²) >= 11 is 1.82. The second kappa shape index (κ2) is 9.72. The Labute approximate surface area is 205 Å². The quantitative estimate of drug-likeness (QED) is 0.410. The van der Waals surface area contributed by atoms with Gasteiger partial charge >= 0.3 is 0 Å². The van der Waals surface area contributed by atoms with Crippen molar-refractivity contribution in [3.63, 3.8) is 0 Å². The Morgan fingerprint density at radius 2 is 2.00 bits per heavy atom. The van der Waals surface area contributed by atoms with Crippen molar-refractivity contribution in [1.29, 1.82) is 0 Å². The number of carbonyl (C=O) groups excluding carboxylic acids is 1. The van der Waals surface area contributed by atoms with E-state index in [2.05, 4.69) is 23.6 Å². The van der Waals surface area contributed by atoms with Gasteiger partial charge in [0.1, 0.15) is 11.9 Å². The van der Waals surface area contributed by atoms with Crippen LogP contribution in [0.2, 0.25) is 0 Å². The lowest BCUT2D eigenvalue weighted by Crippen LogP contribution is -2.36. The topological polar surface area (TPSA) is 43.7 Å². The van der Waals surface area contributed by atoms with Crippen LogP contribution in [0, 0.1) is 0 Å². The van der Waals surface area contributed by atoms with E-state index in [9.17, 15) is 4.79 Å². The van der Waals surface area contributed by atoms with E-state index in [0.717, 1.165) is 52.2 Å². The largest absolute Gasteiger partial charge is 0.494 e. The maximum Gasteiger partial charge on any atom is 0.260 e. The highest BCUT2D eigenvalue weighted by Crippen LogP contribution is 2.46. The van der Waals surface area contributed by atoms with Crippen molar-refractivity contribution in [3.05, 3.63) is 88.1 Å². The molecule has 2 aliphatic heterocycles. The fraction of sp³-hybridized carbons (Fsp3) is 0.321. The van der Waals surface area contributed by atoms with Crippen LogP contribution in [0.1, 0.15) is 42.3 Å². The zero-order valence-electron chi connectivity index (χ0n) is 19.9. The van der Waals surface area contributed by atoms with Crippen LogP contribution in [0.25, 0.3) is 10.9 Å². The second-order valence-corrected chi connectivity index (χ2v) is 9.53. The molecule has 2 aliphatic rings. The van der Waals surface area contributed by atoms with Gasteiger partial charge in [-0.25, -0.2) is 0 Å². The minimum absolute atomic E-state index is 0.0108. The van der Waals surface area contributed by atoms with Gasteiger partial charge in [-0.05, 0) is 49.6 Å². The molecule has 1 amide bonds. The van der Waals surface area contributed by atoms with Crippen LogP contribution in [-0.4, -0.2) is 41.4 Å². The lowest BCUT2D eigenvalue weighted by Gasteiger charge is -2.34. The number of para-hydroxylation sites is 1. The first kappa shape index (κ1) is 22.8. The molecular weight excluding hydrogens is 444 g/mol. The molecule has 0 radical (unpaired) electrons. The van der Waals surface area contributed by atoms with Gasteiger partial charge in [0.2, 0.25) is 0 Å². The van der Waals surface area contributed by atoms with Gasteiger partial charge in [0.25, 0.3) is 5.91 Å². The maximum atomic E-state index is 14.1. The summed E-state index contributed by atoms with van der Waals surface area (Å²) in [6.07, 6.45) is 4.86. The van der Waals surface area contributed by atoms with Gasteiger partial charge in [0.15, 0.2) is 0 Å². The molecule has 0 saturated carbocycles. The summed E-state index contributed by atoms with van der Waals surface area (Å²) in [4.78, 5) is 17.2. The number of allylic oxidation sites excluding steroid dienone is 1. The summed E-state index contributed by atoms with van der Waals surface area (Å²) in [5.41, 5.74) is 5.06. The molecule has 1 aromatic heterocycles. The van der Waals surface area contributed by atoms with Gasteiger partial charge < -0.3 is 18.9 Å².